The van der Waals surface area contributed by atoms with Gasteiger partial charge in [-0.05, 0) is 24.5 Å². The number of carbonyl (C=O) groups is 1. The Morgan fingerprint density at radius 3 is 2.58 bits per heavy atom. The lowest BCUT2D eigenvalue weighted by molar-refractivity contribution is -0.173. The highest BCUT2D eigenvalue weighted by atomic mass is 19.4. The van der Waals surface area contributed by atoms with E-state index >= 15 is 0 Å². The lowest BCUT2D eigenvalue weighted by Crippen LogP contribution is -2.36. The van der Waals surface area contributed by atoms with Crippen molar-refractivity contribution in [1.82, 2.24) is 9.78 Å². The Kier molecular flexibility index (Phi) is 4.93. The van der Waals surface area contributed by atoms with Crippen molar-refractivity contribution >= 4 is 11.8 Å². The molecule has 1 aliphatic rings. The molecule has 26 heavy (non-hydrogen) atoms. The number of nitrogens with zero attached hydrogens (tertiary/aromatic N) is 2. The van der Waals surface area contributed by atoms with Crippen LogP contribution in [0.15, 0.2) is 30.5 Å². The van der Waals surface area contributed by atoms with E-state index in [1.165, 1.54) is 0 Å². The van der Waals surface area contributed by atoms with Gasteiger partial charge in [-0.1, -0.05) is 31.2 Å². The number of aromatic nitrogens is 2. The lowest BCUT2D eigenvalue weighted by atomic mass is 9.95. The quantitative estimate of drug-likeness (QED) is 0.820. The normalized spacial score (nSPS) is 19.6. The Labute approximate surface area is 149 Å². The Hall–Kier alpha value is -2.51. The maximum atomic E-state index is 13.6. The van der Waals surface area contributed by atoms with Crippen molar-refractivity contribution in [1.29, 1.82) is 0 Å². The van der Waals surface area contributed by atoms with E-state index in [0.717, 1.165) is 28.4 Å². The standard InChI is InChI=1S/C18H20F3N3O2/c1-3-11-5-7-12(8-6-11)14-9-15(18(19,20)21)24-16(23-14)13(10-22-24)17(25)26-4-2/h5-8,10,14-15,23H,3-4,9H2,1-2H3. The molecule has 1 N–H and O–H groups in total. The second-order valence-electron chi connectivity index (χ2n) is 6.16. The molecule has 2 heterocycles. The fraction of sp³-hybridized carbons (Fsp3) is 0.444. The summed E-state index contributed by atoms with van der Waals surface area (Å²) in [4.78, 5) is 12.1. The third-order valence-electron chi connectivity index (χ3n) is 4.52. The molecule has 0 amide bonds. The molecule has 1 aromatic heterocycles. The van der Waals surface area contributed by atoms with Gasteiger partial charge >= 0.3 is 12.1 Å². The summed E-state index contributed by atoms with van der Waals surface area (Å²) in [6, 6.07) is 5.05. The third kappa shape index (κ3) is 3.40. The van der Waals surface area contributed by atoms with Crippen molar-refractivity contribution in [3.63, 3.8) is 0 Å². The Balaban J connectivity index is 1.99. The average molecular weight is 367 g/mol. The first-order chi connectivity index (χ1) is 12.3. The van der Waals surface area contributed by atoms with Crippen molar-refractivity contribution in [3.8, 4) is 0 Å². The van der Waals surface area contributed by atoms with Crippen LogP contribution < -0.4 is 5.32 Å². The van der Waals surface area contributed by atoms with E-state index in [2.05, 4.69) is 10.4 Å². The van der Waals surface area contributed by atoms with E-state index in [-0.39, 0.29) is 24.4 Å². The first kappa shape index (κ1) is 18.3. The lowest BCUT2D eigenvalue weighted by Gasteiger charge is -2.34. The summed E-state index contributed by atoms with van der Waals surface area (Å²) < 4.78 is 46.5. The summed E-state index contributed by atoms with van der Waals surface area (Å²) >= 11 is 0. The van der Waals surface area contributed by atoms with Crippen LogP contribution in [0.1, 0.15) is 53.8 Å². The van der Waals surface area contributed by atoms with Gasteiger partial charge in [0.2, 0.25) is 0 Å². The predicted octanol–water partition coefficient (Wildman–Crippen LogP) is 4.28. The fourth-order valence-corrected chi connectivity index (χ4v) is 3.13. The van der Waals surface area contributed by atoms with Crippen molar-refractivity contribution in [2.75, 3.05) is 11.9 Å². The number of fused-ring (bicyclic) bond motifs is 1. The molecule has 0 fully saturated rings. The van der Waals surface area contributed by atoms with Crippen molar-refractivity contribution in [2.45, 2.75) is 44.9 Å². The number of anilines is 1. The zero-order valence-electron chi connectivity index (χ0n) is 14.5. The molecular weight excluding hydrogens is 347 g/mol. The van der Waals surface area contributed by atoms with Crippen molar-refractivity contribution < 1.29 is 22.7 Å². The first-order valence-corrected chi connectivity index (χ1v) is 8.51. The molecule has 2 unspecified atom stereocenters. The fourth-order valence-electron chi connectivity index (χ4n) is 3.13. The molecule has 0 aliphatic carbocycles. The highest BCUT2D eigenvalue weighted by Gasteiger charge is 2.47. The van der Waals surface area contributed by atoms with Gasteiger partial charge in [-0.15, -0.1) is 0 Å². The molecule has 2 aromatic rings. The minimum atomic E-state index is -4.48. The first-order valence-electron chi connectivity index (χ1n) is 8.51. The minimum absolute atomic E-state index is 0.0102. The van der Waals surface area contributed by atoms with Gasteiger partial charge in [0.05, 0.1) is 18.8 Å². The minimum Gasteiger partial charge on any atom is -0.462 e. The van der Waals surface area contributed by atoms with Gasteiger partial charge in [-0.3, -0.25) is 0 Å². The smallest absolute Gasteiger partial charge is 0.410 e. The number of rotatable bonds is 4. The molecule has 1 aliphatic heterocycles. The molecule has 0 bridgehead atoms. The van der Waals surface area contributed by atoms with Crippen LogP contribution in [0.4, 0.5) is 19.0 Å². The van der Waals surface area contributed by atoms with Crippen LogP contribution >= 0.6 is 0 Å². The van der Waals surface area contributed by atoms with Gasteiger partial charge in [0, 0.05) is 6.42 Å². The SMILES string of the molecule is CCOC(=O)c1cnn2c1NC(c1ccc(CC)cc1)CC2C(F)(F)F. The van der Waals surface area contributed by atoms with Gasteiger partial charge in [0.15, 0.2) is 6.04 Å². The van der Waals surface area contributed by atoms with Gasteiger partial charge in [-0.2, -0.15) is 18.3 Å². The van der Waals surface area contributed by atoms with E-state index in [9.17, 15) is 18.0 Å². The zero-order valence-corrected chi connectivity index (χ0v) is 14.5. The molecule has 8 heteroatoms. The van der Waals surface area contributed by atoms with Gasteiger partial charge in [-0.25, -0.2) is 9.48 Å². The second kappa shape index (κ2) is 7.01. The Bertz CT molecular complexity index is 784. The number of esters is 1. The Morgan fingerprint density at radius 1 is 1.31 bits per heavy atom. The molecule has 1 aromatic carbocycles. The number of hydrogen-bond donors (Lipinski definition) is 1. The number of benzene rings is 1. The van der Waals surface area contributed by atoms with E-state index in [4.69, 9.17) is 4.74 Å². The number of halogens is 3. The molecule has 3 rings (SSSR count). The molecule has 0 spiro atoms. The average Bonchev–Trinajstić information content (AvgIpc) is 3.04. The summed E-state index contributed by atoms with van der Waals surface area (Å²) in [6.45, 7) is 3.78. The number of aryl methyl sites for hydroxylation is 1. The molecule has 0 saturated heterocycles. The summed E-state index contributed by atoms with van der Waals surface area (Å²) in [7, 11) is 0. The summed E-state index contributed by atoms with van der Waals surface area (Å²) in [5.74, 6) is -0.647. The van der Waals surface area contributed by atoms with Crippen LogP contribution in [0.25, 0.3) is 0 Å². The molecular formula is C18H20F3N3O2. The monoisotopic (exact) mass is 367 g/mol. The largest absolute Gasteiger partial charge is 0.462 e. The van der Waals surface area contributed by atoms with Crippen molar-refractivity contribution in [2.24, 2.45) is 0 Å². The van der Waals surface area contributed by atoms with Gasteiger partial charge in [0.1, 0.15) is 11.4 Å². The van der Waals surface area contributed by atoms with E-state index in [0.29, 0.717) is 0 Å². The summed E-state index contributed by atoms with van der Waals surface area (Å²) in [5.41, 5.74) is 1.85. The van der Waals surface area contributed by atoms with Gasteiger partial charge < -0.3 is 10.1 Å². The molecule has 5 nitrogen and oxygen atoms in total. The number of alkyl halides is 3. The van der Waals surface area contributed by atoms with Crippen LogP contribution in [-0.4, -0.2) is 28.5 Å². The van der Waals surface area contributed by atoms with Crippen LogP contribution in [0.3, 0.4) is 0 Å². The van der Waals surface area contributed by atoms with E-state index < -0.39 is 24.2 Å². The van der Waals surface area contributed by atoms with E-state index in [1.54, 1.807) is 6.92 Å². The molecule has 140 valence electrons. The maximum Gasteiger partial charge on any atom is 0.410 e. The number of hydrogen-bond acceptors (Lipinski definition) is 4. The highest BCUT2D eigenvalue weighted by Crippen LogP contribution is 2.44. The predicted molar refractivity (Wildman–Crippen MR) is 90.1 cm³/mol. The van der Waals surface area contributed by atoms with Crippen LogP contribution in [0, 0.1) is 0 Å². The third-order valence-corrected chi connectivity index (χ3v) is 4.52. The van der Waals surface area contributed by atoms with Gasteiger partial charge in [0.25, 0.3) is 0 Å². The number of ether oxygens (including phenoxy) is 1. The van der Waals surface area contributed by atoms with Crippen LogP contribution in [0.2, 0.25) is 0 Å². The van der Waals surface area contributed by atoms with Crippen LogP contribution in [0.5, 0.6) is 0 Å². The summed E-state index contributed by atoms with van der Waals surface area (Å²) in [5, 5.41) is 6.84. The zero-order chi connectivity index (χ0) is 18.9. The molecule has 2 atom stereocenters. The maximum absolute atomic E-state index is 13.6. The second-order valence-corrected chi connectivity index (χ2v) is 6.16. The summed E-state index contributed by atoms with van der Waals surface area (Å²) in [6.07, 6.45) is -2.70. The molecule has 0 radical (unpaired) electrons. The van der Waals surface area contributed by atoms with Crippen LogP contribution in [-0.2, 0) is 11.2 Å². The molecule has 0 saturated carbocycles. The number of carbonyl (C=O) groups excluding carboxylic acids is 1. The topological polar surface area (TPSA) is 56.1 Å². The van der Waals surface area contributed by atoms with Crippen molar-refractivity contribution in [3.05, 3.63) is 47.2 Å². The van der Waals surface area contributed by atoms with E-state index in [1.807, 2.05) is 31.2 Å². The Morgan fingerprint density at radius 2 is 2.00 bits per heavy atom. The highest BCUT2D eigenvalue weighted by molar-refractivity contribution is 5.94. The number of nitrogens with one attached hydrogen (secondary N) is 1.